The number of nitrogens with two attached hydrogens (primary N) is 1. The first-order valence-electron chi connectivity index (χ1n) is 11.0. The molecule has 2 heterocycles. The van der Waals surface area contributed by atoms with Gasteiger partial charge in [0.2, 0.25) is 0 Å². The van der Waals surface area contributed by atoms with Crippen LogP contribution in [0.5, 0.6) is 11.5 Å². The van der Waals surface area contributed by atoms with E-state index in [-0.39, 0.29) is 0 Å². The van der Waals surface area contributed by atoms with Crippen molar-refractivity contribution in [3.63, 3.8) is 0 Å². The monoisotopic (exact) mass is 441 g/mol. The summed E-state index contributed by atoms with van der Waals surface area (Å²) in [5, 5.41) is 4.11. The Labute approximate surface area is 193 Å². The third kappa shape index (κ3) is 3.98. The molecular weight excluding hydrogens is 414 g/mol. The second-order valence-electron chi connectivity index (χ2n) is 8.12. The van der Waals surface area contributed by atoms with Gasteiger partial charge in [0.05, 0.1) is 30.5 Å². The molecule has 3 N–H and O–H groups in total. The quantitative estimate of drug-likeness (QED) is 0.446. The topological polar surface area (TPSA) is 85.5 Å². The van der Waals surface area contributed by atoms with Gasteiger partial charge in [0.15, 0.2) is 0 Å². The highest BCUT2D eigenvalue weighted by Crippen LogP contribution is 2.34. The summed E-state index contributed by atoms with van der Waals surface area (Å²) in [5.41, 5.74) is 12.0. The highest BCUT2D eigenvalue weighted by molar-refractivity contribution is 5.90. The summed E-state index contributed by atoms with van der Waals surface area (Å²) in [6.45, 7) is 3.91. The number of benzene rings is 3. The summed E-state index contributed by atoms with van der Waals surface area (Å²) >= 11 is 0. The van der Waals surface area contributed by atoms with Crippen LogP contribution in [-0.2, 0) is 6.54 Å². The minimum Gasteiger partial charge on any atom is -0.497 e. The maximum atomic E-state index is 6.20. The number of nitrogens with one attached hydrogen (secondary N) is 1. The molecule has 0 spiro atoms. The summed E-state index contributed by atoms with van der Waals surface area (Å²) in [4.78, 5) is 11.7. The number of aromatic nitrogens is 2. The van der Waals surface area contributed by atoms with Crippen molar-refractivity contribution in [1.29, 1.82) is 0 Å². The third-order valence-electron chi connectivity index (χ3n) is 5.99. The molecule has 7 heteroatoms. The minimum atomic E-state index is 0.580. The predicted molar refractivity (Wildman–Crippen MR) is 133 cm³/mol. The van der Waals surface area contributed by atoms with Crippen molar-refractivity contribution in [2.75, 3.05) is 43.3 Å². The lowest BCUT2D eigenvalue weighted by molar-refractivity contribution is 0.331. The van der Waals surface area contributed by atoms with E-state index >= 15 is 0 Å². The molecule has 0 fully saturated rings. The van der Waals surface area contributed by atoms with Gasteiger partial charge in [0.1, 0.15) is 29.7 Å². The highest BCUT2D eigenvalue weighted by Gasteiger charge is 2.20. The lowest BCUT2D eigenvalue weighted by Crippen LogP contribution is -2.26. The molecule has 3 aromatic carbocycles. The van der Waals surface area contributed by atoms with Crippen molar-refractivity contribution >= 4 is 28.1 Å². The third-order valence-corrected chi connectivity index (χ3v) is 5.99. The van der Waals surface area contributed by atoms with Gasteiger partial charge in [-0.2, -0.15) is 0 Å². The van der Waals surface area contributed by atoms with E-state index in [1.165, 1.54) is 0 Å². The zero-order valence-electron chi connectivity index (χ0n) is 19.1. The smallest absolute Gasteiger partial charge is 0.140 e. The molecule has 1 aromatic heterocycles. The molecule has 0 aliphatic carbocycles. The molecule has 0 amide bonds. The SMILES string of the molecule is CNc1ccc(-c2ccc3c(c2)CN(c2nc(C)nc4cc(OC)ccc24)CCO3)cc1N. The van der Waals surface area contributed by atoms with Crippen molar-refractivity contribution in [2.24, 2.45) is 0 Å². The Kier molecular flexibility index (Phi) is 5.38. The van der Waals surface area contributed by atoms with Crippen molar-refractivity contribution in [3.05, 3.63) is 66.0 Å². The van der Waals surface area contributed by atoms with Gasteiger partial charge in [-0.25, -0.2) is 9.97 Å². The van der Waals surface area contributed by atoms with Crippen molar-refractivity contribution in [2.45, 2.75) is 13.5 Å². The zero-order valence-corrected chi connectivity index (χ0v) is 19.1. The Bertz CT molecular complexity index is 1340. The van der Waals surface area contributed by atoms with Crippen LogP contribution in [0, 0.1) is 6.92 Å². The lowest BCUT2D eigenvalue weighted by Gasteiger charge is -2.23. The average Bonchev–Trinajstić information content (AvgIpc) is 3.04. The molecule has 1 aliphatic rings. The second-order valence-corrected chi connectivity index (χ2v) is 8.12. The number of hydrogen-bond donors (Lipinski definition) is 2. The summed E-state index contributed by atoms with van der Waals surface area (Å²) in [7, 11) is 3.53. The second kappa shape index (κ2) is 8.50. The maximum Gasteiger partial charge on any atom is 0.140 e. The molecule has 33 heavy (non-hydrogen) atoms. The van der Waals surface area contributed by atoms with Crippen LogP contribution in [0.2, 0.25) is 0 Å². The number of nitrogen functional groups attached to an aromatic ring is 1. The first-order valence-corrected chi connectivity index (χ1v) is 11.0. The van der Waals surface area contributed by atoms with E-state index in [0.29, 0.717) is 13.2 Å². The fraction of sp³-hybridized carbons (Fsp3) is 0.231. The van der Waals surface area contributed by atoms with Gasteiger partial charge in [0, 0.05) is 30.6 Å². The van der Waals surface area contributed by atoms with Crippen molar-refractivity contribution < 1.29 is 9.47 Å². The Morgan fingerprint density at radius 1 is 1.03 bits per heavy atom. The Morgan fingerprint density at radius 3 is 2.64 bits per heavy atom. The molecule has 0 saturated heterocycles. The number of ether oxygens (including phenoxy) is 2. The number of methoxy groups -OCH3 is 1. The van der Waals surface area contributed by atoms with Crippen LogP contribution >= 0.6 is 0 Å². The standard InChI is InChI=1S/C26H27N5O2/c1-16-29-24-14-20(32-3)6-7-21(24)26(30-16)31-10-11-33-25-9-5-17(12-19(25)15-31)18-4-8-23(28-2)22(27)13-18/h4-9,12-14,28H,10-11,15,27H2,1-3H3. The van der Waals surface area contributed by atoms with Crippen LogP contribution in [-0.4, -0.2) is 37.3 Å². The number of nitrogens with zero attached hydrogens (tertiary/aromatic N) is 3. The first kappa shape index (κ1) is 20.9. The van der Waals surface area contributed by atoms with E-state index in [2.05, 4.69) is 33.4 Å². The number of aryl methyl sites for hydroxylation is 1. The van der Waals surface area contributed by atoms with Crippen LogP contribution in [0.4, 0.5) is 17.2 Å². The van der Waals surface area contributed by atoms with Crippen molar-refractivity contribution in [3.8, 4) is 22.6 Å². The van der Waals surface area contributed by atoms with E-state index in [1.54, 1.807) is 7.11 Å². The Balaban J connectivity index is 1.53. The van der Waals surface area contributed by atoms with Crippen LogP contribution in [0.1, 0.15) is 11.4 Å². The highest BCUT2D eigenvalue weighted by atomic mass is 16.5. The van der Waals surface area contributed by atoms with Crippen LogP contribution in [0.3, 0.4) is 0 Å². The Morgan fingerprint density at radius 2 is 1.85 bits per heavy atom. The molecule has 4 aromatic rings. The molecule has 7 nitrogen and oxygen atoms in total. The minimum absolute atomic E-state index is 0.580. The molecule has 0 bridgehead atoms. The molecule has 0 saturated carbocycles. The molecule has 5 rings (SSSR count). The first-order chi connectivity index (χ1) is 16.1. The van der Waals surface area contributed by atoms with E-state index < -0.39 is 0 Å². The fourth-order valence-electron chi connectivity index (χ4n) is 4.30. The van der Waals surface area contributed by atoms with Crippen LogP contribution < -0.4 is 25.4 Å². The molecule has 0 radical (unpaired) electrons. The lowest BCUT2D eigenvalue weighted by atomic mass is 10.0. The number of hydrogen-bond acceptors (Lipinski definition) is 7. The fourth-order valence-corrected chi connectivity index (χ4v) is 4.30. The number of rotatable bonds is 4. The average molecular weight is 442 g/mol. The summed E-state index contributed by atoms with van der Waals surface area (Å²) in [5.74, 6) is 3.32. The van der Waals surface area contributed by atoms with Gasteiger partial charge in [-0.15, -0.1) is 0 Å². The van der Waals surface area contributed by atoms with Gasteiger partial charge in [-0.05, 0) is 54.4 Å². The van der Waals surface area contributed by atoms with E-state index in [1.807, 2.05) is 50.4 Å². The number of fused-ring (bicyclic) bond motifs is 2. The van der Waals surface area contributed by atoms with E-state index in [4.69, 9.17) is 20.2 Å². The predicted octanol–water partition coefficient (Wildman–Crippen LogP) is 4.64. The molecule has 0 unspecified atom stereocenters. The van der Waals surface area contributed by atoms with E-state index in [0.717, 1.165) is 68.7 Å². The van der Waals surface area contributed by atoms with E-state index in [9.17, 15) is 0 Å². The summed E-state index contributed by atoms with van der Waals surface area (Å²) in [6.07, 6.45) is 0. The number of anilines is 3. The van der Waals surface area contributed by atoms with Crippen LogP contribution in [0.25, 0.3) is 22.0 Å². The van der Waals surface area contributed by atoms with Crippen molar-refractivity contribution in [1.82, 2.24) is 9.97 Å². The van der Waals surface area contributed by atoms with Gasteiger partial charge in [-0.3, -0.25) is 0 Å². The molecule has 0 atom stereocenters. The largest absolute Gasteiger partial charge is 0.497 e. The zero-order chi connectivity index (χ0) is 22.9. The van der Waals surface area contributed by atoms with Crippen LogP contribution in [0.15, 0.2) is 54.6 Å². The summed E-state index contributed by atoms with van der Waals surface area (Å²) < 4.78 is 11.5. The molecule has 168 valence electrons. The Hall–Kier alpha value is -4.00. The normalized spacial score (nSPS) is 13.2. The summed E-state index contributed by atoms with van der Waals surface area (Å²) in [6, 6.07) is 18.3. The van der Waals surface area contributed by atoms with Gasteiger partial charge < -0.3 is 25.4 Å². The van der Waals surface area contributed by atoms with Gasteiger partial charge in [-0.1, -0.05) is 12.1 Å². The molecule has 1 aliphatic heterocycles. The molecular formula is C26H27N5O2. The maximum absolute atomic E-state index is 6.20. The van der Waals surface area contributed by atoms with Gasteiger partial charge in [0.25, 0.3) is 0 Å². The van der Waals surface area contributed by atoms with Gasteiger partial charge >= 0.3 is 0 Å².